The lowest BCUT2D eigenvalue weighted by Crippen LogP contribution is -2.16. The van der Waals surface area contributed by atoms with Gasteiger partial charge in [0, 0.05) is 32.7 Å². The standard InChI is InChI=1S/C19H22N4O2/c1-14-16(13-23(3)21-14)19(24)25-17(18-20-11-12-22(18)2)10-9-15-7-5-4-6-8-15/h4-8,11-13,17H,9-10H2,1-3H3/t17-/m1/s1. The first-order chi connectivity index (χ1) is 12.0. The summed E-state index contributed by atoms with van der Waals surface area (Å²) in [5.41, 5.74) is 2.35. The van der Waals surface area contributed by atoms with Crippen molar-refractivity contribution in [1.29, 1.82) is 0 Å². The van der Waals surface area contributed by atoms with Gasteiger partial charge in [-0.2, -0.15) is 5.10 Å². The van der Waals surface area contributed by atoms with E-state index in [1.165, 1.54) is 5.56 Å². The normalized spacial score (nSPS) is 12.1. The molecular weight excluding hydrogens is 316 g/mol. The Bertz CT molecular complexity index is 851. The number of hydrogen-bond donors (Lipinski definition) is 0. The second kappa shape index (κ2) is 7.34. The fourth-order valence-electron chi connectivity index (χ4n) is 2.86. The van der Waals surface area contributed by atoms with Crippen LogP contribution in [-0.4, -0.2) is 25.3 Å². The maximum atomic E-state index is 12.6. The molecule has 0 saturated carbocycles. The third-order valence-electron chi connectivity index (χ3n) is 4.17. The number of carbonyl (C=O) groups is 1. The summed E-state index contributed by atoms with van der Waals surface area (Å²) in [6.07, 6.45) is 6.32. The summed E-state index contributed by atoms with van der Waals surface area (Å²) in [6, 6.07) is 10.2. The van der Waals surface area contributed by atoms with Gasteiger partial charge in [0.2, 0.25) is 0 Å². The Labute approximate surface area is 147 Å². The molecule has 1 aromatic carbocycles. The van der Waals surface area contributed by atoms with E-state index in [1.54, 1.807) is 31.0 Å². The van der Waals surface area contributed by atoms with Crippen molar-refractivity contribution in [1.82, 2.24) is 19.3 Å². The van der Waals surface area contributed by atoms with Gasteiger partial charge in [0.25, 0.3) is 0 Å². The van der Waals surface area contributed by atoms with Gasteiger partial charge in [-0.05, 0) is 25.3 Å². The lowest BCUT2D eigenvalue weighted by molar-refractivity contribution is 0.0249. The molecule has 130 valence electrons. The number of hydrogen-bond acceptors (Lipinski definition) is 4. The first-order valence-electron chi connectivity index (χ1n) is 8.27. The van der Waals surface area contributed by atoms with Gasteiger partial charge in [0.05, 0.1) is 5.69 Å². The van der Waals surface area contributed by atoms with Crippen molar-refractivity contribution in [2.24, 2.45) is 14.1 Å². The topological polar surface area (TPSA) is 61.9 Å². The summed E-state index contributed by atoms with van der Waals surface area (Å²) in [4.78, 5) is 17.0. The number of esters is 1. The number of carbonyl (C=O) groups excluding carboxylic acids is 1. The van der Waals surface area contributed by atoms with E-state index in [-0.39, 0.29) is 5.97 Å². The Morgan fingerprint density at radius 1 is 1.24 bits per heavy atom. The van der Waals surface area contributed by atoms with Crippen molar-refractivity contribution in [2.45, 2.75) is 25.9 Å². The van der Waals surface area contributed by atoms with Crippen LogP contribution in [-0.2, 0) is 25.3 Å². The summed E-state index contributed by atoms with van der Waals surface area (Å²) in [6.45, 7) is 1.80. The SMILES string of the molecule is Cc1nn(C)cc1C(=O)O[C@H](CCc1ccccc1)c1nccn1C. The summed E-state index contributed by atoms with van der Waals surface area (Å²) in [5, 5.41) is 4.21. The molecule has 25 heavy (non-hydrogen) atoms. The molecule has 2 heterocycles. The van der Waals surface area contributed by atoms with Crippen LogP contribution in [0.2, 0.25) is 0 Å². The molecule has 0 bridgehead atoms. The van der Waals surface area contributed by atoms with Gasteiger partial charge >= 0.3 is 5.97 Å². The van der Waals surface area contributed by atoms with E-state index >= 15 is 0 Å². The Morgan fingerprint density at radius 2 is 2.00 bits per heavy atom. The molecule has 1 atom stereocenters. The van der Waals surface area contributed by atoms with Crippen LogP contribution in [0.15, 0.2) is 48.9 Å². The molecule has 0 aliphatic rings. The molecule has 6 nitrogen and oxygen atoms in total. The third-order valence-corrected chi connectivity index (χ3v) is 4.17. The fraction of sp³-hybridized carbons (Fsp3) is 0.316. The first kappa shape index (κ1) is 17.0. The molecule has 6 heteroatoms. The molecule has 0 radical (unpaired) electrons. The van der Waals surface area contributed by atoms with Crippen LogP contribution in [0.25, 0.3) is 0 Å². The molecule has 0 aliphatic carbocycles. The predicted molar refractivity (Wildman–Crippen MR) is 94.1 cm³/mol. The van der Waals surface area contributed by atoms with Crippen LogP contribution in [0.3, 0.4) is 0 Å². The second-order valence-electron chi connectivity index (χ2n) is 6.12. The smallest absolute Gasteiger partial charge is 0.342 e. The van der Waals surface area contributed by atoms with Crippen LogP contribution < -0.4 is 0 Å². The van der Waals surface area contributed by atoms with Crippen LogP contribution in [0, 0.1) is 6.92 Å². The number of ether oxygens (including phenoxy) is 1. The van der Waals surface area contributed by atoms with Crippen LogP contribution >= 0.6 is 0 Å². The zero-order chi connectivity index (χ0) is 17.8. The van der Waals surface area contributed by atoms with E-state index in [0.717, 1.165) is 12.2 Å². The van der Waals surface area contributed by atoms with E-state index in [9.17, 15) is 4.79 Å². The van der Waals surface area contributed by atoms with Crippen LogP contribution in [0.4, 0.5) is 0 Å². The molecule has 0 saturated heterocycles. The zero-order valence-corrected chi connectivity index (χ0v) is 14.7. The molecule has 2 aromatic heterocycles. The third kappa shape index (κ3) is 3.96. The molecular formula is C19H22N4O2. The van der Waals surface area contributed by atoms with Gasteiger partial charge in [-0.15, -0.1) is 0 Å². The molecule has 0 unspecified atom stereocenters. The fourth-order valence-corrected chi connectivity index (χ4v) is 2.86. The highest BCUT2D eigenvalue weighted by molar-refractivity contribution is 5.90. The van der Waals surface area contributed by atoms with Crippen molar-refractivity contribution in [2.75, 3.05) is 0 Å². The van der Waals surface area contributed by atoms with E-state index in [1.807, 2.05) is 36.0 Å². The number of aromatic nitrogens is 4. The molecule has 0 fully saturated rings. The highest BCUT2D eigenvalue weighted by Gasteiger charge is 2.23. The van der Waals surface area contributed by atoms with Crippen molar-refractivity contribution in [3.05, 3.63) is 71.6 Å². The van der Waals surface area contributed by atoms with Crippen molar-refractivity contribution in [3.63, 3.8) is 0 Å². The number of aryl methyl sites for hydroxylation is 4. The summed E-state index contributed by atoms with van der Waals surface area (Å²) >= 11 is 0. The molecule has 0 aliphatic heterocycles. The van der Waals surface area contributed by atoms with E-state index in [0.29, 0.717) is 17.7 Å². The molecule has 3 aromatic rings. The average molecular weight is 338 g/mol. The molecule has 0 amide bonds. The van der Waals surface area contributed by atoms with E-state index in [2.05, 4.69) is 22.2 Å². The number of imidazole rings is 1. The lowest BCUT2D eigenvalue weighted by Gasteiger charge is -2.17. The number of nitrogens with zero attached hydrogens (tertiary/aromatic N) is 4. The Hall–Kier alpha value is -2.89. The van der Waals surface area contributed by atoms with Gasteiger partial charge in [0.15, 0.2) is 6.10 Å². The Kier molecular flexibility index (Phi) is 4.97. The maximum Gasteiger partial charge on any atom is 0.342 e. The summed E-state index contributed by atoms with van der Waals surface area (Å²) in [5.74, 6) is 0.373. The quantitative estimate of drug-likeness (QED) is 0.648. The summed E-state index contributed by atoms with van der Waals surface area (Å²) in [7, 11) is 3.69. The number of rotatable bonds is 6. The van der Waals surface area contributed by atoms with Crippen molar-refractivity contribution in [3.8, 4) is 0 Å². The molecule has 0 spiro atoms. The van der Waals surface area contributed by atoms with Gasteiger partial charge in [0.1, 0.15) is 11.4 Å². The Morgan fingerprint density at radius 3 is 2.60 bits per heavy atom. The molecule has 3 rings (SSSR count). The largest absolute Gasteiger partial charge is 0.451 e. The first-order valence-corrected chi connectivity index (χ1v) is 8.27. The van der Waals surface area contributed by atoms with Crippen LogP contribution in [0.1, 0.15) is 40.0 Å². The molecule has 0 N–H and O–H groups in total. The predicted octanol–water partition coefficient (Wildman–Crippen LogP) is 2.99. The second-order valence-corrected chi connectivity index (χ2v) is 6.12. The van der Waals surface area contributed by atoms with E-state index in [4.69, 9.17) is 4.74 Å². The zero-order valence-electron chi connectivity index (χ0n) is 14.7. The van der Waals surface area contributed by atoms with Gasteiger partial charge < -0.3 is 9.30 Å². The van der Waals surface area contributed by atoms with Crippen molar-refractivity contribution < 1.29 is 9.53 Å². The van der Waals surface area contributed by atoms with E-state index < -0.39 is 6.10 Å². The summed E-state index contributed by atoms with van der Waals surface area (Å²) < 4.78 is 9.31. The highest BCUT2D eigenvalue weighted by Crippen LogP contribution is 2.24. The lowest BCUT2D eigenvalue weighted by atomic mass is 10.1. The minimum atomic E-state index is -0.410. The average Bonchev–Trinajstić information content (AvgIpc) is 3.17. The van der Waals surface area contributed by atoms with Crippen LogP contribution in [0.5, 0.6) is 0 Å². The van der Waals surface area contributed by atoms with Gasteiger partial charge in [-0.1, -0.05) is 30.3 Å². The van der Waals surface area contributed by atoms with Gasteiger partial charge in [-0.25, -0.2) is 9.78 Å². The van der Waals surface area contributed by atoms with Gasteiger partial charge in [-0.3, -0.25) is 4.68 Å². The minimum Gasteiger partial charge on any atom is -0.451 e. The maximum absolute atomic E-state index is 12.6. The highest BCUT2D eigenvalue weighted by atomic mass is 16.5. The minimum absolute atomic E-state index is 0.369. The monoisotopic (exact) mass is 338 g/mol. The Balaban J connectivity index is 1.78. The number of benzene rings is 1. The van der Waals surface area contributed by atoms with Crippen molar-refractivity contribution >= 4 is 5.97 Å².